The van der Waals surface area contributed by atoms with Crippen LogP contribution in [0.25, 0.3) is 0 Å². The van der Waals surface area contributed by atoms with Crippen LogP contribution in [0.2, 0.25) is 0 Å². The summed E-state index contributed by atoms with van der Waals surface area (Å²) in [5, 5.41) is 0. The molecule has 1 aliphatic carbocycles. The van der Waals surface area contributed by atoms with E-state index in [-0.39, 0.29) is 5.78 Å². The van der Waals surface area contributed by atoms with Crippen molar-refractivity contribution in [1.82, 2.24) is 0 Å². The van der Waals surface area contributed by atoms with Gasteiger partial charge in [0.25, 0.3) is 0 Å². The summed E-state index contributed by atoms with van der Waals surface area (Å²) in [7, 11) is 3.87. The summed E-state index contributed by atoms with van der Waals surface area (Å²) in [4.78, 5) is 14.1. The van der Waals surface area contributed by atoms with Crippen LogP contribution in [0, 0.1) is 11.8 Å². The van der Waals surface area contributed by atoms with Gasteiger partial charge in [-0.15, -0.1) is 0 Å². The fourth-order valence-electron chi connectivity index (χ4n) is 2.21. The summed E-state index contributed by atoms with van der Waals surface area (Å²) < 4.78 is 0. The van der Waals surface area contributed by atoms with Gasteiger partial charge in [0.05, 0.1) is 5.56 Å². The van der Waals surface area contributed by atoms with E-state index in [9.17, 15) is 4.79 Å². The normalized spacial score (nSPS) is 14.1. The van der Waals surface area contributed by atoms with Crippen LogP contribution in [0.3, 0.4) is 0 Å². The second-order valence-electron chi connectivity index (χ2n) is 4.97. The molecule has 0 bridgehead atoms. The Kier molecular flexibility index (Phi) is 4.41. The first kappa shape index (κ1) is 13.4. The molecule has 0 unspecified atom stereocenters. The van der Waals surface area contributed by atoms with Crippen molar-refractivity contribution in [3.63, 3.8) is 0 Å². The molecule has 0 spiro atoms. The van der Waals surface area contributed by atoms with Crippen molar-refractivity contribution in [2.24, 2.45) is 0 Å². The molecule has 1 aromatic carbocycles. The fraction of sp³-hybridized carbons (Fsp3) is 0.353. The number of carbonyl (C=O) groups is 1. The molecule has 0 fully saturated rings. The lowest BCUT2D eigenvalue weighted by atomic mass is 9.99. The molecule has 2 rings (SSSR count). The minimum absolute atomic E-state index is 0.101. The molecule has 0 amide bonds. The SMILES string of the molecule is CN(C)c1ccccc1C(=O)C#CC1=CCCCC1. The number of carbonyl (C=O) groups excluding carboxylic acids is 1. The van der Waals surface area contributed by atoms with Gasteiger partial charge in [-0.3, -0.25) is 4.79 Å². The van der Waals surface area contributed by atoms with Gasteiger partial charge in [0.2, 0.25) is 5.78 Å². The number of hydrogen-bond donors (Lipinski definition) is 0. The van der Waals surface area contributed by atoms with Gasteiger partial charge in [-0.1, -0.05) is 24.1 Å². The monoisotopic (exact) mass is 253 g/mol. The molecule has 0 N–H and O–H groups in total. The maximum absolute atomic E-state index is 12.2. The van der Waals surface area contributed by atoms with Gasteiger partial charge in [-0.05, 0) is 49.3 Å². The van der Waals surface area contributed by atoms with Gasteiger partial charge in [-0.2, -0.15) is 0 Å². The van der Waals surface area contributed by atoms with E-state index in [1.807, 2.05) is 43.3 Å². The first-order valence-corrected chi connectivity index (χ1v) is 6.70. The Balaban J connectivity index is 2.21. The maximum Gasteiger partial charge on any atom is 0.238 e. The Bertz CT molecular complexity index is 558. The molecule has 0 heterocycles. The predicted molar refractivity (Wildman–Crippen MR) is 79.4 cm³/mol. The zero-order chi connectivity index (χ0) is 13.7. The number of anilines is 1. The molecule has 1 aliphatic rings. The molecule has 2 nitrogen and oxygen atoms in total. The highest BCUT2D eigenvalue weighted by atomic mass is 16.1. The zero-order valence-electron chi connectivity index (χ0n) is 11.6. The lowest BCUT2D eigenvalue weighted by Gasteiger charge is -2.15. The van der Waals surface area contributed by atoms with Crippen molar-refractivity contribution >= 4 is 11.5 Å². The van der Waals surface area contributed by atoms with Crippen molar-refractivity contribution in [3.05, 3.63) is 41.5 Å². The summed E-state index contributed by atoms with van der Waals surface area (Å²) in [5.41, 5.74) is 2.71. The highest BCUT2D eigenvalue weighted by Crippen LogP contribution is 2.19. The molecular weight excluding hydrogens is 234 g/mol. The van der Waals surface area contributed by atoms with E-state index in [0.29, 0.717) is 5.56 Å². The Morgan fingerprint density at radius 1 is 1.21 bits per heavy atom. The Morgan fingerprint density at radius 2 is 2.00 bits per heavy atom. The molecule has 0 aliphatic heterocycles. The van der Waals surface area contributed by atoms with Gasteiger partial charge in [0, 0.05) is 19.8 Å². The highest BCUT2D eigenvalue weighted by molar-refractivity contribution is 6.12. The Hall–Kier alpha value is -2.01. The molecule has 19 heavy (non-hydrogen) atoms. The third-order valence-electron chi connectivity index (χ3n) is 3.26. The topological polar surface area (TPSA) is 20.3 Å². The number of rotatable bonds is 2. The van der Waals surface area contributed by atoms with Crippen LogP contribution in [0.15, 0.2) is 35.9 Å². The lowest BCUT2D eigenvalue weighted by Crippen LogP contribution is -2.13. The fourth-order valence-corrected chi connectivity index (χ4v) is 2.21. The largest absolute Gasteiger partial charge is 0.377 e. The minimum Gasteiger partial charge on any atom is -0.377 e. The number of allylic oxidation sites excluding steroid dienone is 2. The number of nitrogens with zero attached hydrogens (tertiary/aromatic N) is 1. The third-order valence-corrected chi connectivity index (χ3v) is 3.26. The van der Waals surface area contributed by atoms with Crippen molar-refractivity contribution in [1.29, 1.82) is 0 Å². The van der Waals surface area contributed by atoms with E-state index in [1.54, 1.807) is 0 Å². The van der Waals surface area contributed by atoms with Gasteiger partial charge in [-0.25, -0.2) is 0 Å². The molecular formula is C17H19NO. The van der Waals surface area contributed by atoms with Gasteiger partial charge < -0.3 is 4.90 Å². The molecule has 1 aromatic rings. The standard InChI is InChI=1S/C17H19NO/c1-18(2)16-11-7-6-10-15(16)17(19)13-12-14-8-4-3-5-9-14/h6-8,10-11H,3-5,9H2,1-2H3. The highest BCUT2D eigenvalue weighted by Gasteiger charge is 2.10. The molecule has 0 saturated heterocycles. The average Bonchev–Trinajstić information content (AvgIpc) is 2.46. The summed E-state index contributed by atoms with van der Waals surface area (Å²) in [6.07, 6.45) is 6.68. The van der Waals surface area contributed by atoms with Crippen molar-refractivity contribution in [2.75, 3.05) is 19.0 Å². The molecule has 2 heteroatoms. The zero-order valence-corrected chi connectivity index (χ0v) is 11.6. The number of ketones is 1. The number of para-hydroxylation sites is 1. The summed E-state index contributed by atoms with van der Waals surface area (Å²) in [6, 6.07) is 7.58. The molecule has 0 aromatic heterocycles. The molecule has 0 saturated carbocycles. The van der Waals surface area contributed by atoms with E-state index in [4.69, 9.17) is 0 Å². The van der Waals surface area contributed by atoms with E-state index in [2.05, 4.69) is 17.9 Å². The van der Waals surface area contributed by atoms with Gasteiger partial charge >= 0.3 is 0 Å². The van der Waals surface area contributed by atoms with E-state index >= 15 is 0 Å². The predicted octanol–water partition coefficient (Wildman–Crippen LogP) is 3.44. The Morgan fingerprint density at radius 3 is 2.68 bits per heavy atom. The van der Waals surface area contributed by atoms with Crippen LogP contribution in [0.1, 0.15) is 36.0 Å². The third kappa shape index (κ3) is 3.48. The minimum atomic E-state index is -0.101. The van der Waals surface area contributed by atoms with Crippen LogP contribution in [-0.2, 0) is 0 Å². The Labute approximate surface area is 115 Å². The average molecular weight is 253 g/mol. The smallest absolute Gasteiger partial charge is 0.238 e. The van der Waals surface area contributed by atoms with Crippen molar-refractivity contribution in [2.45, 2.75) is 25.7 Å². The summed E-state index contributed by atoms with van der Waals surface area (Å²) >= 11 is 0. The lowest BCUT2D eigenvalue weighted by molar-refractivity contribution is 0.105. The van der Waals surface area contributed by atoms with Crippen LogP contribution < -0.4 is 4.90 Å². The first-order chi connectivity index (χ1) is 9.18. The van der Waals surface area contributed by atoms with Crippen LogP contribution >= 0.6 is 0 Å². The summed E-state index contributed by atoms with van der Waals surface area (Å²) in [6.45, 7) is 0. The quantitative estimate of drug-likeness (QED) is 0.457. The second kappa shape index (κ2) is 6.24. The number of hydrogen-bond acceptors (Lipinski definition) is 2. The summed E-state index contributed by atoms with van der Waals surface area (Å²) in [5.74, 6) is 5.71. The number of benzene rings is 1. The van der Waals surface area contributed by atoms with Gasteiger partial charge in [0.15, 0.2) is 0 Å². The van der Waals surface area contributed by atoms with E-state index in [1.165, 1.54) is 12.8 Å². The molecule has 0 radical (unpaired) electrons. The van der Waals surface area contributed by atoms with E-state index in [0.717, 1.165) is 24.1 Å². The van der Waals surface area contributed by atoms with Crippen LogP contribution in [0.5, 0.6) is 0 Å². The maximum atomic E-state index is 12.2. The molecule has 0 atom stereocenters. The first-order valence-electron chi connectivity index (χ1n) is 6.70. The van der Waals surface area contributed by atoms with Crippen LogP contribution in [0.4, 0.5) is 5.69 Å². The van der Waals surface area contributed by atoms with Crippen molar-refractivity contribution < 1.29 is 4.79 Å². The molecule has 98 valence electrons. The second-order valence-corrected chi connectivity index (χ2v) is 4.97. The van der Waals surface area contributed by atoms with E-state index < -0.39 is 0 Å². The van der Waals surface area contributed by atoms with Crippen LogP contribution in [-0.4, -0.2) is 19.9 Å². The number of Topliss-reactive ketones (excluding diaryl/α,β-unsaturated/α-hetero) is 1. The van der Waals surface area contributed by atoms with Gasteiger partial charge in [0.1, 0.15) is 0 Å². The van der Waals surface area contributed by atoms with Crippen molar-refractivity contribution in [3.8, 4) is 11.8 Å².